The average molecular weight is 297 g/mol. The van der Waals surface area contributed by atoms with E-state index < -0.39 is 23.6 Å². The van der Waals surface area contributed by atoms with Crippen molar-refractivity contribution in [2.45, 2.75) is 51.5 Å². The number of benzene rings is 1. The highest BCUT2D eigenvalue weighted by Crippen LogP contribution is 2.47. The zero-order chi connectivity index (χ0) is 15.6. The summed E-state index contributed by atoms with van der Waals surface area (Å²) in [6.07, 6.45) is 3.90. The van der Waals surface area contributed by atoms with Crippen LogP contribution < -0.4 is 5.73 Å². The normalized spacial score (nSPS) is 18.7. The van der Waals surface area contributed by atoms with Crippen molar-refractivity contribution in [1.29, 1.82) is 0 Å². The molecule has 1 aromatic rings. The van der Waals surface area contributed by atoms with Gasteiger partial charge in [-0.2, -0.15) is 0 Å². The van der Waals surface area contributed by atoms with E-state index in [4.69, 9.17) is 10.8 Å². The predicted molar refractivity (Wildman–Crippen MR) is 75.8 cm³/mol. The van der Waals surface area contributed by atoms with E-state index in [0.717, 1.165) is 37.8 Å². The lowest BCUT2D eigenvalue weighted by molar-refractivity contribution is -0.139. The van der Waals surface area contributed by atoms with Gasteiger partial charge in [-0.1, -0.05) is 12.8 Å². The first-order chi connectivity index (χ1) is 9.83. The predicted octanol–water partition coefficient (Wildman–Crippen LogP) is 3.70. The first kappa shape index (κ1) is 15.9. The van der Waals surface area contributed by atoms with E-state index in [1.54, 1.807) is 0 Å². The van der Waals surface area contributed by atoms with E-state index in [1.807, 2.05) is 0 Å². The molecule has 0 saturated heterocycles. The Morgan fingerprint density at radius 3 is 2.52 bits per heavy atom. The zero-order valence-corrected chi connectivity index (χ0v) is 12.2. The van der Waals surface area contributed by atoms with Crippen molar-refractivity contribution in [1.82, 2.24) is 0 Å². The monoisotopic (exact) mass is 297 g/mol. The van der Waals surface area contributed by atoms with E-state index in [0.29, 0.717) is 6.42 Å². The van der Waals surface area contributed by atoms with Gasteiger partial charge in [0.1, 0.15) is 11.6 Å². The van der Waals surface area contributed by atoms with E-state index in [9.17, 15) is 13.6 Å². The minimum absolute atomic E-state index is 0.0384. The minimum atomic E-state index is -0.861. The van der Waals surface area contributed by atoms with Gasteiger partial charge in [-0.15, -0.1) is 0 Å². The number of carbonyl (C=O) groups is 1. The molecule has 0 radical (unpaired) electrons. The average Bonchev–Trinajstić information content (AvgIpc) is 2.80. The Hall–Kier alpha value is -1.49. The van der Waals surface area contributed by atoms with Crippen LogP contribution in [0.3, 0.4) is 0 Å². The summed E-state index contributed by atoms with van der Waals surface area (Å²) in [5.74, 6) is -1.87. The lowest BCUT2D eigenvalue weighted by atomic mass is 9.76. The van der Waals surface area contributed by atoms with Gasteiger partial charge in [0, 0.05) is 11.6 Å². The summed E-state index contributed by atoms with van der Waals surface area (Å²) in [4.78, 5) is 11.1. The van der Waals surface area contributed by atoms with Gasteiger partial charge in [-0.3, -0.25) is 4.79 Å². The van der Waals surface area contributed by atoms with Crippen LogP contribution in [0.1, 0.15) is 55.7 Å². The molecule has 1 aliphatic rings. The van der Waals surface area contributed by atoms with Crippen LogP contribution in [0.4, 0.5) is 8.78 Å². The molecule has 0 aliphatic heterocycles. The molecule has 0 heterocycles. The molecule has 1 aromatic carbocycles. The summed E-state index contributed by atoms with van der Waals surface area (Å²) in [7, 11) is 0. The maximum atomic E-state index is 14.0. The number of halogens is 2. The second kappa shape index (κ2) is 6.10. The zero-order valence-electron chi connectivity index (χ0n) is 12.2. The van der Waals surface area contributed by atoms with Crippen molar-refractivity contribution < 1.29 is 18.7 Å². The number of nitrogens with two attached hydrogens (primary N) is 1. The van der Waals surface area contributed by atoms with Gasteiger partial charge in [0.15, 0.2) is 0 Å². The first-order valence-electron chi connectivity index (χ1n) is 7.26. The molecule has 1 atom stereocenters. The highest BCUT2D eigenvalue weighted by atomic mass is 19.1. The fraction of sp³-hybridized carbons (Fsp3) is 0.562. The summed E-state index contributed by atoms with van der Waals surface area (Å²) in [6.45, 7) is 1.50. The van der Waals surface area contributed by atoms with Crippen molar-refractivity contribution in [3.05, 3.63) is 34.9 Å². The van der Waals surface area contributed by atoms with E-state index in [-0.39, 0.29) is 23.0 Å². The molecule has 1 fully saturated rings. The summed E-state index contributed by atoms with van der Waals surface area (Å²) < 4.78 is 27.6. The Kier molecular flexibility index (Phi) is 4.61. The number of aliphatic carboxylic acids is 1. The van der Waals surface area contributed by atoms with Crippen molar-refractivity contribution in [2.24, 2.45) is 11.1 Å². The number of carboxylic acid groups (broad SMARTS) is 1. The van der Waals surface area contributed by atoms with Crippen LogP contribution in [-0.4, -0.2) is 11.1 Å². The van der Waals surface area contributed by atoms with Crippen LogP contribution in [0, 0.1) is 24.0 Å². The molecule has 116 valence electrons. The molecule has 1 unspecified atom stereocenters. The van der Waals surface area contributed by atoms with Crippen molar-refractivity contribution in [3.63, 3.8) is 0 Å². The molecule has 1 saturated carbocycles. The van der Waals surface area contributed by atoms with Crippen LogP contribution in [0.2, 0.25) is 0 Å². The van der Waals surface area contributed by atoms with Crippen molar-refractivity contribution >= 4 is 5.97 Å². The topological polar surface area (TPSA) is 63.3 Å². The largest absolute Gasteiger partial charge is 0.481 e. The molecule has 0 spiro atoms. The molecule has 3 nitrogen and oxygen atoms in total. The first-order valence-corrected chi connectivity index (χ1v) is 7.26. The molecule has 5 heteroatoms. The van der Waals surface area contributed by atoms with Crippen LogP contribution in [0.15, 0.2) is 12.1 Å². The van der Waals surface area contributed by atoms with Crippen molar-refractivity contribution in [3.8, 4) is 0 Å². The number of hydrogen-bond acceptors (Lipinski definition) is 2. The SMILES string of the molecule is Cc1cc(F)c(C(N)CC2(CC(=O)O)CCCC2)cc1F. The van der Waals surface area contributed by atoms with E-state index >= 15 is 0 Å². The fourth-order valence-corrected chi connectivity index (χ4v) is 3.42. The molecule has 3 N–H and O–H groups in total. The third-order valence-corrected chi connectivity index (χ3v) is 4.52. The number of hydrogen-bond donors (Lipinski definition) is 2. The number of carboxylic acids is 1. The molecule has 0 aromatic heterocycles. The van der Waals surface area contributed by atoms with Crippen LogP contribution in [0.5, 0.6) is 0 Å². The molecule has 1 aliphatic carbocycles. The lowest BCUT2D eigenvalue weighted by Crippen LogP contribution is -2.27. The standard InChI is InChI=1S/C16H21F2NO2/c1-10-6-13(18)11(7-12(10)17)14(19)8-16(9-15(20)21)4-2-3-5-16/h6-7,14H,2-5,8-9,19H2,1H3,(H,20,21). The highest BCUT2D eigenvalue weighted by molar-refractivity contribution is 5.67. The second-order valence-corrected chi connectivity index (χ2v) is 6.21. The molecule has 21 heavy (non-hydrogen) atoms. The Labute approximate surface area is 123 Å². The smallest absolute Gasteiger partial charge is 0.303 e. The maximum Gasteiger partial charge on any atom is 0.303 e. The Morgan fingerprint density at radius 2 is 1.95 bits per heavy atom. The van der Waals surface area contributed by atoms with Gasteiger partial charge in [0.25, 0.3) is 0 Å². The molecule has 0 bridgehead atoms. The van der Waals surface area contributed by atoms with E-state index in [2.05, 4.69) is 0 Å². The van der Waals surface area contributed by atoms with Gasteiger partial charge in [-0.25, -0.2) is 8.78 Å². The van der Waals surface area contributed by atoms with Gasteiger partial charge >= 0.3 is 5.97 Å². The van der Waals surface area contributed by atoms with Gasteiger partial charge in [0.2, 0.25) is 0 Å². The van der Waals surface area contributed by atoms with Gasteiger partial charge in [-0.05, 0) is 49.3 Å². The Balaban J connectivity index is 2.21. The second-order valence-electron chi connectivity index (χ2n) is 6.21. The van der Waals surface area contributed by atoms with Gasteiger partial charge in [0.05, 0.1) is 6.42 Å². The van der Waals surface area contributed by atoms with Crippen LogP contribution in [-0.2, 0) is 4.79 Å². The summed E-state index contributed by atoms with van der Waals surface area (Å²) in [6, 6.07) is 1.60. The summed E-state index contributed by atoms with van der Waals surface area (Å²) in [5.41, 5.74) is 6.04. The summed E-state index contributed by atoms with van der Waals surface area (Å²) >= 11 is 0. The molecule has 0 amide bonds. The van der Waals surface area contributed by atoms with Gasteiger partial charge < -0.3 is 10.8 Å². The highest BCUT2D eigenvalue weighted by Gasteiger charge is 2.38. The van der Waals surface area contributed by atoms with E-state index in [1.165, 1.54) is 6.92 Å². The third-order valence-electron chi connectivity index (χ3n) is 4.52. The maximum absolute atomic E-state index is 14.0. The van der Waals surface area contributed by atoms with Crippen LogP contribution in [0.25, 0.3) is 0 Å². The lowest BCUT2D eigenvalue weighted by Gasteiger charge is -2.30. The number of aryl methyl sites for hydroxylation is 1. The molecular weight excluding hydrogens is 276 g/mol. The Morgan fingerprint density at radius 1 is 1.33 bits per heavy atom. The third kappa shape index (κ3) is 3.59. The summed E-state index contributed by atoms with van der Waals surface area (Å²) in [5, 5.41) is 9.08. The minimum Gasteiger partial charge on any atom is -0.481 e. The molecule has 2 rings (SSSR count). The quantitative estimate of drug-likeness (QED) is 0.871. The molecular formula is C16H21F2NO2. The Bertz CT molecular complexity index is 539. The number of rotatable bonds is 5. The van der Waals surface area contributed by atoms with Crippen molar-refractivity contribution in [2.75, 3.05) is 0 Å². The fourth-order valence-electron chi connectivity index (χ4n) is 3.42. The van der Waals surface area contributed by atoms with Crippen LogP contribution >= 0.6 is 0 Å².